The van der Waals surface area contributed by atoms with Gasteiger partial charge in [-0.2, -0.15) is 0 Å². The molecule has 1 aromatic rings. The first-order valence-electron chi connectivity index (χ1n) is 8.25. The van der Waals surface area contributed by atoms with Crippen LogP contribution in [0.5, 0.6) is 0 Å². The van der Waals surface area contributed by atoms with Crippen molar-refractivity contribution in [3.63, 3.8) is 0 Å². The zero-order chi connectivity index (χ0) is 13.2. The van der Waals surface area contributed by atoms with Crippen LogP contribution in [0.3, 0.4) is 0 Å². The van der Waals surface area contributed by atoms with E-state index in [1.165, 1.54) is 76.3 Å². The van der Waals surface area contributed by atoms with Crippen molar-refractivity contribution < 1.29 is 0 Å². The molecule has 0 aliphatic carbocycles. The van der Waals surface area contributed by atoms with E-state index in [0.29, 0.717) is 6.04 Å². The Hall–Kier alpha value is -0.820. The molecular formula is C18H29N. The molecule has 0 radical (unpaired) electrons. The van der Waals surface area contributed by atoms with Crippen molar-refractivity contribution in [1.82, 2.24) is 5.32 Å². The van der Waals surface area contributed by atoms with E-state index in [0.717, 1.165) is 0 Å². The normalized spacial score (nSPS) is 23.9. The second kappa shape index (κ2) is 9.14. The summed E-state index contributed by atoms with van der Waals surface area (Å²) in [5.74, 6) is 0. The first-order chi connectivity index (χ1) is 9.47. The molecule has 1 N–H and O–H groups in total. The Kier molecular flexibility index (Phi) is 7.02. The molecule has 1 atom stereocenters. The Labute approximate surface area is 118 Å². The lowest BCUT2D eigenvalue weighted by molar-refractivity contribution is 0.464. The smallest absolute Gasteiger partial charge is 0.0320 e. The minimum Gasteiger partial charge on any atom is -0.310 e. The largest absolute Gasteiger partial charge is 0.310 e. The molecule has 0 spiro atoms. The van der Waals surface area contributed by atoms with Gasteiger partial charge in [0.15, 0.2) is 0 Å². The van der Waals surface area contributed by atoms with Gasteiger partial charge in [0.2, 0.25) is 0 Å². The highest BCUT2D eigenvalue weighted by Gasteiger charge is 2.10. The first-order valence-corrected chi connectivity index (χ1v) is 8.25. The second-order valence-electron chi connectivity index (χ2n) is 5.89. The third-order valence-electron chi connectivity index (χ3n) is 4.26. The number of hydrogen-bond donors (Lipinski definition) is 1. The third kappa shape index (κ3) is 5.78. The molecule has 106 valence electrons. The van der Waals surface area contributed by atoms with Crippen LogP contribution in [0, 0.1) is 0 Å². The average Bonchev–Trinajstić information content (AvgIpc) is 2.49. The van der Waals surface area contributed by atoms with Gasteiger partial charge >= 0.3 is 0 Å². The van der Waals surface area contributed by atoms with Crippen molar-refractivity contribution in [2.45, 2.75) is 70.3 Å². The van der Waals surface area contributed by atoms with Crippen LogP contribution in [-0.4, -0.2) is 6.54 Å². The number of rotatable bonds is 1. The Balaban J connectivity index is 1.87. The lowest BCUT2D eigenvalue weighted by atomic mass is 9.99. The molecule has 1 aliphatic rings. The Morgan fingerprint density at radius 3 is 1.95 bits per heavy atom. The van der Waals surface area contributed by atoms with Gasteiger partial charge in [0.25, 0.3) is 0 Å². The molecule has 1 heteroatoms. The van der Waals surface area contributed by atoms with Gasteiger partial charge in [-0.3, -0.25) is 0 Å². The fourth-order valence-electron chi connectivity index (χ4n) is 3.06. The first kappa shape index (κ1) is 14.6. The van der Waals surface area contributed by atoms with Crippen LogP contribution in [0.15, 0.2) is 30.3 Å². The van der Waals surface area contributed by atoms with Gasteiger partial charge in [-0.25, -0.2) is 0 Å². The van der Waals surface area contributed by atoms with Crippen molar-refractivity contribution in [3.05, 3.63) is 35.9 Å². The lowest BCUT2D eigenvalue weighted by Gasteiger charge is -2.19. The van der Waals surface area contributed by atoms with E-state index < -0.39 is 0 Å². The molecule has 1 heterocycles. The van der Waals surface area contributed by atoms with Crippen LogP contribution in [0.4, 0.5) is 0 Å². The highest BCUT2D eigenvalue weighted by Crippen LogP contribution is 2.21. The van der Waals surface area contributed by atoms with Crippen LogP contribution in [0.1, 0.15) is 75.8 Å². The van der Waals surface area contributed by atoms with E-state index in [2.05, 4.69) is 35.6 Å². The maximum absolute atomic E-state index is 3.77. The zero-order valence-electron chi connectivity index (χ0n) is 12.2. The van der Waals surface area contributed by atoms with Crippen molar-refractivity contribution in [2.75, 3.05) is 6.54 Å². The molecule has 19 heavy (non-hydrogen) atoms. The van der Waals surface area contributed by atoms with Gasteiger partial charge in [-0.15, -0.1) is 0 Å². The molecule has 1 aliphatic heterocycles. The van der Waals surface area contributed by atoms with Crippen molar-refractivity contribution in [1.29, 1.82) is 0 Å². The summed E-state index contributed by atoms with van der Waals surface area (Å²) < 4.78 is 0. The third-order valence-corrected chi connectivity index (χ3v) is 4.26. The molecular weight excluding hydrogens is 230 g/mol. The van der Waals surface area contributed by atoms with E-state index >= 15 is 0 Å². The van der Waals surface area contributed by atoms with E-state index in [1.54, 1.807) is 0 Å². The predicted molar refractivity (Wildman–Crippen MR) is 83.4 cm³/mol. The number of nitrogens with one attached hydrogen (secondary N) is 1. The van der Waals surface area contributed by atoms with Gasteiger partial charge in [0.05, 0.1) is 0 Å². The summed E-state index contributed by atoms with van der Waals surface area (Å²) in [5, 5.41) is 3.77. The van der Waals surface area contributed by atoms with E-state index in [4.69, 9.17) is 0 Å². The fraction of sp³-hybridized carbons (Fsp3) is 0.667. The molecule has 0 bridgehead atoms. The van der Waals surface area contributed by atoms with Gasteiger partial charge < -0.3 is 5.32 Å². The van der Waals surface area contributed by atoms with Crippen LogP contribution < -0.4 is 5.32 Å². The van der Waals surface area contributed by atoms with E-state index in [9.17, 15) is 0 Å². The van der Waals surface area contributed by atoms with Crippen LogP contribution in [-0.2, 0) is 0 Å². The molecule has 2 rings (SSSR count). The Morgan fingerprint density at radius 2 is 1.26 bits per heavy atom. The molecule has 1 saturated heterocycles. The molecule has 1 fully saturated rings. The van der Waals surface area contributed by atoms with Crippen LogP contribution in [0.25, 0.3) is 0 Å². The van der Waals surface area contributed by atoms with Gasteiger partial charge in [-0.05, 0) is 24.9 Å². The number of benzene rings is 1. The zero-order valence-corrected chi connectivity index (χ0v) is 12.2. The molecule has 1 unspecified atom stereocenters. The van der Waals surface area contributed by atoms with E-state index in [1.807, 2.05) is 0 Å². The molecule has 0 amide bonds. The highest BCUT2D eigenvalue weighted by atomic mass is 14.9. The van der Waals surface area contributed by atoms with E-state index in [-0.39, 0.29) is 0 Å². The van der Waals surface area contributed by atoms with Crippen molar-refractivity contribution in [2.24, 2.45) is 0 Å². The summed E-state index contributed by atoms with van der Waals surface area (Å²) in [4.78, 5) is 0. The quantitative estimate of drug-likeness (QED) is 0.728. The summed E-state index contributed by atoms with van der Waals surface area (Å²) >= 11 is 0. The topological polar surface area (TPSA) is 12.0 Å². The van der Waals surface area contributed by atoms with Gasteiger partial charge in [0.1, 0.15) is 0 Å². The average molecular weight is 259 g/mol. The predicted octanol–water partition coefficient (Wildman–Crippen LogP) is 5.23. The SMILES string of the molecule is c1ccc(C2CCCCCCCCCCCN2)cc1. The maximum atomic E-state index is 3.77. The van der Waals surface area contributed by atoms with Crippen LogP contribution >= 0.6 is 0 Å². The minimum atomic E-state index is 0.571. The monoisotopic (exact) mass is 259 g/mol. The maximum Gasteiger partial charge on any atom is 0.0320 e. The van der Waals surface area contributed by atoms with Crippen LogP contribution in [0.2, 0.25) is 0 Å². The standard InChI is InChI=1S/C18H29N/c1-2-4-6-11-15-18(17-13-9-8-10-14-17)19-16-12-7-5-3-1/h8-10,13-14,18-19H,1-7,11-12,15-16H2. The summed E-state index contributed by atoms with van der Waals surface area (Å²) in [6.07, 6.45) is 14.0. The van der Waals surface area contributed by atoms with Crippen molar-refractivity contribution in [3.8, 4) is 0 Å². The minimum absolute atomic E-state index is 0.571. The Morgan fingerprint density at radius 1 is 0.684 bits per heavy atom. The highest BCUT2D eigenvalue weighted by molar-refractivity contribution is 5.18. The van der Waals surface area contributed by atoms with Gasteiger partial charge in [-0.1, -0.05) is 81.7 Å². The summed E-state index contributed by atoms with van der Waals surface area (Å²) in [6.45, 7) is 1.18. The molecule has 0 saturated carbocycles. The number of hydrogen-bond acceptors (Lipinski definition) is 1. The summed E-state index contributed by atoms with van der Waals surface area (Å²) in [6, 6.07) is 11.6. The lowest BCUT2D eigenvalue weighted by Crippen LogP contribution is -2.22. The summed E-state index contributed by atoms with van der Waals surface area (Å²) in [5.41, 5.74) is 1.47. The molecule has 0 aromatic heterocycles. The molecule has 1 aromatic carbocycles. The Bertz CT molecular complexity index is 306. The second-order valence-corrected chi connectivity index (χ2v) is 5.89. The van der Waals surface area contributed by atoms with Gasteiger partial charge in [0, 0.05) is 6.04 Å². The van der Waals surface area contributed by atoms with Crippen molar-refractivity contribution >= 4 is 0 Å². The summed E-state index contributed by atoms with van der Waals surface area (Å²) in [7, 11) is 0. The molecule has 1 nitrogen and oxygen atoms in total. The fourth-order valence-corrected chi connectivity index (χ4v) is 3.06.